The second-order valence-electron chi connectivity index (χ2n) is 7.10. The number of aromatic carboxylic acids is 1. The first-order valence-corrected chi connectivity index (χ1v) is 9.63. The minimum atomic E-state index is -0.981. The van der Waals surface area contributed by atoms with Crippen LogP contribution in [0.5, 0.6) is 0 Å². The Hall–Kier alpha value is -1.92. The van der Waals surface area contributed by atoms with Crippen LogP contribution in [0.25, 0.3) is 21.3 Å². The summed E-state index contributed by atoms with van der Waals surface area (Å²) in [5.74, 6) is -0.981. The Morgan fingerprint density at radius 3 is 2.88 bits per heavy atom. The van der Waals surface area contributed by atoms with Crippen molar-refractivity contribution in [3.05, 3.63) is 33.0 Å². The van der Waals surface area contributed by atoms with Gasteiger partial charge in [0.05, 0.1) is 5.69 Å². The van der Waals surface area contributed by atoms with E-state index in [0.717, 1.165) is 46.3 Å². The molecule has 0 radical (unpaired) electrons. The van der Waals surface area contributed by atoms with Gasteiger partial charge in [0, 0.05) is 11.1 Å². The fourth-order valence-corrected chi connectivity index (χ4v) is 5.15. The number of hydrogen-bond acceptors (Lipinski definition) is 5. The van der Waals surface area contributed by atoms with E-state index >= 15 is 0 Å². The number of thiophene rings is 2. The lowest BCUT2D eigenvalue weighted by Crippen LogP contribution is -2.23. The van der Waals surface area contributed by atoms with Gasteiger partial charge in [-0.2, -0.15) is 11.3 Å². The molecule has 4 nitrogen and oxygen atoms in total. The molecule has 1 aliphatic carbocycles. The summed E-state index contributed by atoms with van der Waals surface area (Å²) in [7, 11) is 0. The highest BCUT2D eigenvalue weighted by Crippen LogP contribution is 2.46. The fraction of sp³-hybridized carbons (Fsp3) is 0.333. The van der Waals surface area contributed by atoms with Crippen LogP contribution in [0.1, 0.15) is 41.2 Å². The number of rotatable bonds is 2. The Morgan fingerprint density at radius 2 is 2.21 bits per heavy atom. The smallest absolute Gasteiger partial charge is 0.348 e. The van der Waals surface area contributed by atoms with E-state index in [1.165, 1.54) is 16.9 Å². The third-order valence-corrected chi connectivity index (χ3v) is 6.53. The molecule has 0 unspecified atom stereocenters. The molecule has 3 aromatic heterocycles. The van der Waals surface area contributed by atoms with Crippen molar-refractivity contribution in [1.29, 1.82) is 0 Å². The van der Waals surface area contributed by atoms with Gasteiger partial charge in [0.1, 0.15) is 9.71 Å². The van der Waals surface area contributed by atoms with E-state index < -0.39 is 5.97 Å². The first-order chi connectivity index (χ1) is 11.4. The lowest BCUT2D eigenvalue weighted by atomic mass is 9.74. The van der Waals surface area contributed by atoms with Crippen molar-refractivity contribution < 1.29 is 9.90 Å². The monoisotopic (exact) mass is 358 g/mol. The minimum Gasteiger partial charge on any atom is -0.477 e. The van der Waals surface area contributed by atoms with Crippen LogP contribution >= 0.6 is 22.7 Å². The molecule has 3 aromatic rings. The second-order valence-corrected chi connectivity index (χ2v) is 8.87. The maximum Gasteiger partial charge on any atom is 0.348 e. The Morgan fingerprint density at radius 1 is 1.42 bits per heavy atom. The number of nitrogens with two attached hydrogens (primary N) is 1. The SMILES string of the molecule is CC1(C)CCc2nc3sc(C(=O)O)c(N)c3c(-c3ccsc3)c2C1. The largest absolute Gasteiger partial charge is 0.477 e. The van der Waals surface area contributed by atoms with Gasteiger partial charge in [0.15, 0.2) is 0 Å². The van der Waals surface area contributed by atoms with E-state index in [-0.39, 0.29) is 10.3 Å². The highest BCUT2D eigenvalue weighted by Gasteiger charge is 2.31. The molecule has 3 heterocycles. The molecule has 0 amide bonds. The predicted molar refractivity (Wildman–Crippen MR) is 100 cm³/mol. The summed E-state index contributed by atoms with van der Waals surface area (Å²) in [6.45, 7) is 4.55. The summed E-state index contributed by atoms with van der Waals surface area (Å²) in [5.41, 5.74) is 11.3. The molecule has 24 heavy (non-hydrogen) atoms. The highest BCUT2D eigenvalue weighted by molar-refractivity contribution is 7.21. The highest BCUT2D eigenvalue weighted by atomic mass is 32.1. The number of carboxylic acids is 1. The van der Waals surface area contributed by atoms with Gasteiger partial charge >= 0.3 is 5.97 Å². The summed E-state index contributed by atoms with van der Waals surface area (Å²) >= 11 is 2.82. The number of anilines is 1. The average molecular weight is 358 g/mol. The van der Waals surface area contributed by atoms with Crippen LogP contribution in [0, 0.1) is 5.41 Å². The Kier molecular flexibility index (Phi) is 3.44. The van der Waals surface area contributed by atoms with E-state index in [1.807, 2.05) is 5.38 Å². The van der Waals surface area contributed by atoms with Crippen molar-refractivity contribution >= 4 is 44.5 Å². The van der Waals surface area contributed by atoms with Crippen molar-refractivity contribution in [2.45, 2.75) is 33.1 Å². The van der Waals surface area contributed by atoms with Crippen LogP contribution in [0.15, 0.2) is 16.8 Å². The molecule has 0 saturated carbocycles. The van der Waals surface area contributed by atoms with Crippen molar-refractivity contribution in [2.75, 3.05) is 5.73 Å². The van der Waals surface area contributed by atoms with Gasteiger partial charge in [-0.25, -0.2) is 9.78 Å². The predicted octanol–water partition coefficient (Wildman–Crippen LogP) is 4.82. The molecule has 0 fully saturated rings. The van der Waals surface area contributed by atoms with Crippen LogP contribution in [0.2, 0.25) is 0 Å². The van der Waals surface area contributed by atoms with Gasteiger partial charge in [0.2, 0.25) is 0 Å². The maximum atomic E-state index is 11.5. The lowest BCUT2D eigenvalue weighted by Gasteiger charge is -2.32. The Bertz CT molecular complexity index is 955. The van der Waals surface area contributed by atoms with E-state index in [4.69, 9.17) is 10.7 Å². The Labute approximate surface area is 148 Å². The van der Waals surface area contributed by atoms with Crippen molar-refractivity contribution in [3.8, 4) is 11.1 Å². The summed E-state index contributed by atoms with van der Waals surface area (Å²) in [6.07, 6.45) is 2.96. The number of aromatic nitrogens is 1. The second kappa shape index (κ2) is 5.29. The summed E-state index contributed by atoms with van der Waals surface area (Å²) in [4.78, 5) is 17.2. The fourth-order valence-electron chi connectivity index (χ4n) is 3.54. The first-order valence-electron chi connectivity index (χ1n) is 7.87. The lowest BCUT2D eigenvalue weighted by molar-refractivity contribution is 0.0703. The molecule has 0 saturated heterocycles. The molecule has 1 aliphatic rings. The van der Waals surface area contributed by atoms with Gasteiger partial charge < -0.3 is 10.8 Å². The summed E-state index contributed by atoms with van der Waals surface area (Å²) in [6, 6.07) is 2.08. The van der Waals surface area contributed by atoms with Gasteiger partial charge in [-0.15, -0.1) is 11.3 Å². The van der Waals surface area contributed by atoms with Crippen molar-refractivity contribution in [1.82, 2.24) is 4.98 Å². The molecule has 124 valence electrons. The Balaban J connectivity index is 2.11. The van der Waals surface area contributed by atoms with Gasteiger partial charge in [-0.3, -0.25) is 0 Å². The van der Waals surface area contributed by atoms with Crippen molar-refractivity contribution in [2.24, 2.45) is 5.41 Å². The number of hydrogen-bond donors (Lipinski definition) is 2. The van der Waals surface area contributed by atoms with E-state index in [2.05, 4.69) is 25.3 Å². The summed E-state index contributed by atoms with van der Waals surface area (Å²) in [5, 5.41) is 14.4. The standard InChI is InChI=1S/C18H18N2O2S2/c1-18(2)5-3-11-10(7-18)12(9-4-6-23-8-9)13-14(19)15(17(21)22)24-16(13)20-11/h4,6,8H,3,5,7,19H2,1-2H3,(H,21,22). The van der Waals surface area contributed by atoms with Crippen LogP contribution in [-0.2, 0) is 12.8 Å². The van der Waals surface area contributed by atoms with Gasteiger partial charge in [0.25, 0.3) is 0 Å². The zero-order valence-corrected chi connectivity index (χ0v) is 15.2. The molecule has 0 bridgehead atoms. The van der Waals surface area contributed by atoms with Crippen LogP contribution in [0.4, 0.5) is 5.69 Å². The topological polar surface area (TPSA) is 76.2 Å². The average Bonchev–Trinajstić information content (AvgIpc) is 3.13. The maximum absolute atomic E-state index is 11.5. The molecule has 6 heteroatoms. The molecular weight excluding hydrogens is 340 g/mol. The molecule has 4 rings (SSSR count). The van der Waals surface area contributed by atoms with Gasteiger partial charge in [-0.05, 0) is 58.2 Å². The number of carbonyl (C=O) groups is 1. The number of carboxylic acid groups (broad SMARTS) is 1. The van der Waals surface area contributed by atoms with Gasteiger partial charge in [-0.1, -0.05) is 13.8 Å². The van der Waals surface area contributed by atoms with Crippen LogP contribution in [0.3, 0.4) is 0 Å². The quantitative estimate of drug-likeness (QED) is 0.688. The zero-order valence-electron chi connectivity index (χ0n) is 13.5. The molecule has 0 spiro atoms. The van der Waals surface area contributed by atoms with E-state index in [0.29, 0.717) is 5.69 Å². The van der Waals surface area contributed by atoms with E-state index in [1.54, 1.807) is 11.3 Å². The first kappa shape index (κ1) is 15.6. The third kappa shape index (κ3) is 2.32. The number of pyridine rings is 1. The number of fused-ring (bicyclic) bond motifs is 2. The summed E-state index contributed by atoms with van der Waals surface area (Å²) < 4.78 is 0. The molecular formula is C18H18N2O2S2. The number of nitrogen functional groups attached to an aromatic ring is 1. The minimum absolute atomic E-state index is 0.190. The zero-order chi connectivity index (χ0) is 17.1. The van der Waals surface area contributed by atoms with Crippen LogP contribution < -0.4 is 5.73 Å². The molecule has 0 aliphatic heterocycles. The molecule has 0 aromatic carbocycles. The number of aryl methyl sites for hydroxylation is 1. The van der Waals surface area contributed by atoms with Crippen molar-refractivity contribution in [3.63, 3.8) is 0 Å². The van der Waals surface area contributed by atoms with Crippen LogP contribution in [-0.4, -0.2) is 16.1 Å². The molecule has 0 atom stereocenters. The van der Waals surface area contributed by atoms with E-state index in [9.17, 15) is 9.90 Å². The normalized spacial score (nSPS) is 16.2. The third-order valence-electron chi connectivity index (χ3n) is 4.76. The molecule has 3 N–H and O–H groups in total. The number of nitrogens with zero attached hydrogens (tertiary/aromatic N) is 1.